The van der Waals surface area contributed by atoms with Gasteiger partial charge in [0.15, 0.2) is 0 Å². The fourth-order valence-corrected chi connectivity index (χ4v) is 2.65. The number of halogens is 1. The summed E-state index contributed by atoms with van der Waals surface area (Å²) in [5, 5.41) is 9.27. The molecule has 2 atom stereocenters. The molecule has 0 saturated carbocycles. The lowest BCUT2D eigenvalue weighted by molar-refractivity contribution is -0.148. The van der Waals surface area contributed by atoms with E-state index in [9.17, 15) is 19.1 Å². The van der Waals surface area contributed by atoms with Crippen LogP contribution in [0.1, 0.15) is 25.3 Å². The highest BCUT2D eigenvalue weighted by molar-refractivity contribution is 5.78. The smallest absolute Gasteiger partial charge is 0.323 e. The van der Waals surface area contributed by atoms with Gasteiger partial charge in [-0.3, -0.25) is 9.69 Å². The molecule has 5 heteroatoms. The van der Waals surface area contributed by atoms with E-state index in [1.807, 2.05) is 0 Å². The summed E-state index contributed by atoms with van der Waals surface area (Å²) in [5.74, 6) is -1.75. The number of carbonyl (C=O) groups excluding carboxylic acids is 1. The van der Waals surface area contributed by atoms with Crippen molar-refractivity contribution in [1.29, 1.82) is 0 Å². The highest BCUT2D eigenvalue weighted by atomic mass is 19.1. The van der Waals surface area contributed by atoms with Gasteiger partial charge in [0, 0.05) is 24.9 Å². The summed E-state index contributed by atoms with van der Waals surface area (Å²) in [7, 11) is 0. The van der Waals surface area contributed by atoms with Gasteiger partial charge < -0.3 is 9.90 Å². The lowest BCUT2D eigenvalue weighted by Gasteiger charge is -2.31. The number of carboxylic acid groups (broad SMARTS) is 1. The SMILES string of the molecule is CC(C)(C(=O)O)N1C[C@H](c2cccc(F)c2)[C@@H](C=O)C1. The average molecular weight is 279 g/mol. The topological polar surface area (TPSA) is 57.6 Å². The minimum atomic E-state index is -1.04. The average Bonchev–Trinajstić information content (AvgIpc) is 2.83. The van der Waals surface area contributed by atoms with Crippen LogP contribution < -0.4 is 0 Å². The number of carbonyl (C=O) groups is 2. The van der Waals surface area contributed by atoms with E-state index in [0.29, 0.717) is 13.1 Å². The second-order valence-electron chi connectivity index (χ2n) is 5.73. The summed E-state index contributed by atoms with van der Waals surface area (Å²) < 4.78 is 13.3. The number of aldehydes is 1. The van der Waals surface area contributed by atoms with Crippen molar-refractivity contribution in [1.82, 2.24) is 4.90 Å². The van der Waals surface area contributed by atoms with Gasteiger partial charge in [0.2, 0.25) is 0 Å². The van der Waals surface area contributed by atoms with Gasteiger partial charge in [-0.1, -0.05) is 12.1 Å². The highest BCUT2D eigenvalue weighted by Crippen LogP contribution is 2.35. The van der Waals surface area contributed by atoms with Gasteiger partial charge in [0.25, 0.3) is 0 Å². The van der Waals surface area contributed by atoms with Crippen LogP contribution in [0, 0.1) is 11.7 Å². The first-order valence-corrected chi connectivity index (χ1v) is 6.55. The van der Waals surface area contributed by atoms with E-state index < -0.39 is 11.5 Å². The Labute approximate surface area is 117 Å². The predicted octanol–water partition coefficient (Wildman–Crippen LogP) is 1.90. The lowest BCUT2D eigenvalue weighted by atomic mass is 9.90. The van der Waals surface area contributed by atoms with Crippen LogP contribution in [-0.2, 0) is 9.59 Å². The van der Waals surface area contributed by atoms with Crippen molar-refractivity contribution in [3.8, 4) is 0 Å². The van der Waals surface area contributed by atoms with Crippen LogP contribution in [0.3, 0.4) is 0 Å². The fourth-order valence-electron chi connectivity index (χ4n) is 2.65. The number of hydrogen-bond donors (Lipinski definition) is 1. The minimum Gasteiger partial charge on any atom is -0.480 e. The lowest BCUT2D eigenvalue weighted by Crippen LogP contribution is -2.49. The fraction of sp³-hybridized carbons (Fsp3) is 0.467. The number of benzene rings is 1. The van der Waals surface area contributed by atoms with E-state index >= 15 is 0 Å². The molecule has 0 spiro atoms. The molecule has 1 aliphatic heterocycles. The van der Waals surface area contributed by atoms with E-state index in [0.717, 1.165) is 11.8 Å². The Balaban J connectivity index is 2.27. The van der Waals surface area contributed by atoms with Gasteiger partial charge in [0.05, 0.1) is 0 Å². The number of aliphatic carboxylic acids is 1. The third kappa shape index (κ3) is 2.58. The van der Waals surface area contributed by atoms with Crippen LogP contribution >= 0.6 is 0 Å². The van der Waals surface area contributed by atoms with Gasteiger partial charge in [-0.15, -0.1) is 0 Å². The summed E-state index contributed by atoms with van der Waals surface area (Å²) in [5.41, 5.74) is -0.297. The van der Waals surface area contributed by atoms with Gasteiger partial charge in [-0.05, 0) is 31.5 Å². The predicted molar refractivity (Wildman–Crippen MR) is 72.0 cm³/mol. The van der Waals surface area contributed by atoms with Gasteiger partial charge in [-0.2, -0.15) is 0 Å². The van der Waals surface area contributed by atoms with E-state index in [1.54, 1.807) is 30.9 Å². The summed E-state index contributed by atoms with van der Waals surface area (Å²) in [6.07, 6.45) is 0.841. The summed E-state index contributed by atoms with van der Waals surface area (Å²) in [4.78, 5) is 24.3. The Morgan fingerprint density at radius 2 is 2.15 bits per heavy atom. The molecule has 1 fully saturated rings. The third-order valence-electron chi connectivity index (χ3n) is 4.13. The number of likely N-dealkylation sites (tertiary alicyclic amines) is 1. The van der Waals surface area contributed by atoms with Crippen LogP contribution in [0.5, 0.6) is 0 Å². The molecule has 4 nitrogen and oxygen atoms in total. The molecule has 0 aromatic heterocycles. The highest BCUT2D eigenvalue weighted by Gasteiger charge is 2.43. The zero-order valence-electron chi connectivity index (χ0n) is 11.5. The summed E-state index contributed by atoms with van der Waals surface area (Å²) >= 11 is 0. The first kappa shape index (κ1) is 14.7. The maximum Gasteiger partial charge on any atom is 0.323 e. The summed E-state index contributed by atoms with van der Waals surface area (Å²) in [6, 6.07) is 6.16. The third-order valence-corrected chi connectivity index (χ3v) is 4.13. The summed E-state index contributed by atoms with van der Waals surface area (Å²) in [6.45, 7) is 4.05. The molecular weight excluding hydrogens is 261 g/mol. The maximum absolute atomic E-state index is 13.3. The molecule has 0 aliphatic carbocycles. The van der Waals surface area contributed by atoms with Crippen molar-refractivity contribution < 1.29 is 19.1 Å². The Bertz CT molecular complexity index is 530. The second kappa shape index (κ2) is 5.32. The number of rotatable bonds is 4. The quantitative estimate of drug-likeness (QED) is 0.855. The Kier molecular flexibility index (Phi) is 3.90. The zero-order chi connectivity index (χ0) is 14.9. The molecule has 20 heavy (non-hydrogen) atoms. The van der Waals surface area contributed by atoms with E-state index in [4.69, 9.17) is 0 Å². The number of nitrogens with zero attached hydrogens (tertiary/aromatic N) is 1. The van der Waals surface area contributed by atoms with Gasteiger partial charge >= 0.3 is 5.97 Å². The van der Waals surface area contributed by atoms with E-state index in [-0.39, 0.29) is 17.7 Å². The van der Waals surface area contributed by atoms with Crippen LogP contribution in [0.25, 0.3) is 0 Å². The van der Waals surface area contributed by atoms with Crippen LogP contribution in [0.2, 0.25) is 0 Å². The molecule has 0 amide bonds. The van der Waals surface area contributed by atoms with E-state index in [1.165, 1.54) is 12.1 Å². The Morgan fingerprint density at radius 1 is 1.45 bits per heavy atom. The number of carboxylic acids is 1. The minimum absolute atomic E-state index is 0.165. The number of hydrogen-bond acceptors (Lipinski definition) is 3. The normalized spacial score (nSPS) is 23.8. The first-order chi connectivity index (χ1) is 9.36. The Morgan fingerprint density at radius 3 is 2.70 bits per heavy atom. The van der Waals surface area contributed by atoms with Crippen LogP contribution in [0.4, 0.5) is 4.39 Å². The standard InChI is InChI=1S/C15H18FNO3/c1-15(2,14(19)20)17-7-11(9-18)13(8-17)10-4-3-5-12(16)6-10/h3-6,9,11,13H,7-8H2,1-2H3,(H,19,20)/t11-,13-/m1/s1. The molecule has 0 bridgehead atoms. The van der Waals surface area contributed by atoms with Crippen molar-refractivity contribution in [2.24, 2.45) is 5.92 Å². The molecule has 1 aromatic rings. The van der Waals surface area contributed by atoms with Crippen molar-refractivity contribution >= 4 is 12.3 Å². The molecule has 1 aromatic carbocycles. The molecule has 1 N–H and O–H groups in total. The van der Waals surface area contributed by atoms with Gasteiger partial charge in [0.1, 0.15) is 17.6 Å². The second-order valence-corrected chi connectivity index (χ2v) is 5.73. The first-order valence-electron chi connectivity index (χ1n) is 6.55. The van der Waals surface area contributed by atoms with Crippen LogP contribution in [-0.4, -0.2) is 40.9 Å². The van der Waals surface area contributed by atoms with Crippen molar-refractivity contribution in [3.05, 3.63) is 35.6 Å². The molecule has 0 unspecified atom stereocenters. The van der Waals surface area contributed by atoms with Crippen molar-refractivity contribution in [2.75, 3.05) is 13.1 Å². The molecule has 0 radical (unpaired) electrons. The van der Waals surface area contributed by atoms with Crippen LogP contribution in [0.15, 0.2) is 24.3 Å². The van der Waals surface area contributed by atoms with Crippen molar-refractivity contribution in [3.63, 3.8) is 0 Å². The molecule has 1 aliphatic rings. The monoisotopic (exact) mass is 279 g/mol. The molecular formula is C15H18FNO3. The van der Waals surface area contributed by atoms with E-state index in [2.05, 4.69) is 0 Å². The zero-order valence-corrected chi connectivity index (χ0v) is 11.5. The molecule has 1 heterocycles. The molecule has 2 rings (SSSR count). The molecule has 108 valence electrons. The van der Waals surface area contributed by atoms with Gasteiger partial charge in [-0.25, -0.2) is 4.39 Å². The molecule has 1 saturated heterocycles. The van der Waals surface area contributed by atoms with Crippen molar-refractivity contribution in [2.45, 2.75) is 25.3 Å². The maximum atomic E-state index is 13.3. The Hall–Kier alpha value is -1.75. The largest absolute Gasteiger partial charge is 0.480 e.